The lowest BCUT2D eigenvalue weighted by molar-refractivity contribution is 0.335. The van der Waals surface area contributed by atoms with Crippen LogP contribution in [0.4, 0.5) is 0 Å². The average molecular weight is 228 g/mol. The van der Waals surface area contributed by atoms with Crippen LogP contribution in [0.25, 0.3) is 0 Å². The summed E-state index contributed by atoms with van der Waals surface area (Å²) in [5, 5.41) is 4.03. The van der Waals surface area contributed by atoms with Crippen molar-refractivity contribution in [1.82, 2.24) is 5.32 Å². The molecule has 0 unspecified atom stereocenters. The molecule has 0 atom stereocenters. The maximum atomic E-state index is 6.07. The molecule has 0 aliphatic heterocycles. The maximum Gasteiger partial charge on any atom is 0.142 e. The van der Waals surface area contributed by atoms with Crippen LogP contribution in [0, 0.1) is 0 Å². The van der Waals surface area contributed by atoms with Gasteiger partial charge in [0, 0.05) is 18.2 Å². The summed E-state index contributed by atoms with van der Waals surface area (Å²) in [5.41, 5.74) is 1.11. The zero-order valence-corrected chi connectivity index (χ0v) is 10.3. The summed E-state index contributed by atoms with van der Waals surface area (Å²) in [6.45, 7) is 7.62. The van der Waals surface area contributed by atoms with Crippen molar-refractivity contribution in [2.45, 2.75) is 33.4 Å². The van der Waals surface area contributed by atoms with Crippen molar-refractivity contribution in [1.29, 1.82) is 0 Å². The minimum absolute atomic E-state index is 0.457. The zero-order valence-electron chi connectivity index (χ0n) is 9.51. The highest BCUT2D eigenvalue weighted by Gasteiger charge is 2.07. The molecule has 0 heterocycles. The lowest BCUT2D eigenvalue weighted by atomic mass is 10.2. The van der Waals surface area contributed by atoms with E-state index in [-0.39, 0.29) is 0 Å². The number of ether oxygens (including phenoxy) is 1. The molecule has 1 aromatic rings. The molecule has 0 aliphatic rings. The SMILES string of the molecule is CCOc1c(Cl)cccc1CNC(C)C. The Labute approximate surface area is 96.6 Å². The Balaban J connectivity index is 2.80. The third kappa shape index (κ3) is 3.73. The Kier molecular flexibility index (Phi) is 4.92. The van der Waals surface area contributed by atoms with Crippen LogP contribution in [-0.4, -0.2) is 12.6 Å². The number of halogens is 1. The van der Waals surface area contributed by atoms with Gasteiger partial charge in [-0.15, -0.1) is 0 Å². The first-order valence-electron chi connectivity index (χ1n) is 5.28. The van der Waals surface area contributed by atoms with Crippen LogP contribution in [0.1, 0.15) is 26.3 Å². The van der Waals surface area contributed by atoms with Crippen molar-refractivity contribution in [3.8, 4) is 5.75 Å². The Hall–Kier alpha value is -0.730. The quantitative estimate of drug-likeness (QED) is 0.834. The van der Waals surface area contributed by atoms with Gasteiger partial charge >= 0.3 is 0 Å². The third-order valence-electron chi connectivity index (χ3n) is 2.04. The largest absolute Gasteiger partial charge is 0.492 e. The number of benzene rings is 1. The fraction of sp³-hybridized carbons (Fsp3) is 0.500. The minimum Gasteiger partial charge on any atom is -0.492 e. The fourth-order valence-corrected chi connectivity index (χ4v) is 1.56. The molecular formula is C12H18ClNO. The van der Waals surface area contributed by atoms with Crippen molar-refractivity contribution in [2.24, 2.45) is 0 Å². The molecule has 0 saturated carbocycles. The molecule has 0 amide bonds. The minimum atomic E-state index is 0.457. The normalized spacial score (nSPS) is 10.7. The van der Waals surface area contributed by atoms with E-state index >= 15 is 0 Å². The van der Waals surface area contributed by atoms with Gasteiger partial charge in [0.05, 0.1) is 11.6 Å². The molecular weight excluding hydrogens is 210 g/mol. The number of hydrogen-bond donors (Lipinski definition) is 1. The lowest BCUT2D eigenvalue weighted by Crippen LogP contribution is -2.22. The molecule has 0 fully saturated rings. The second-order valence-electron chi connectivity index (χ2n) is 3.70. The van der Waals surface area contributed by atoms with Crippen LogP contribution in [0.3, 0.4) is 0 Å². The van der Waals surface area contributed by atoms with Crippen LogP contribution < -0.4 is 10.1 Å². The zero-order chi connectivity index (χ0) is 11.3. The molecule has 0 bridgehead atoms. The topological polar surface area (TPSA) is 21.3 Å². The summed E-state index contributed by atoms with van der Waals surface area (Å²) in [7, 11) is 0. The van der Waals surface area contributed by atoms with Crippen molar-refractivity contribution in [3.63, 3.8) is 0 Å². The van der Waals surface area contributed by atoms with Gasteiger partial charge in [-0.25, -0.2) is 0 Å². The second-order valence-corrected chi connectivity index (χ2v) is 4.10. The standard InChI is InChI=1S/C12H18ClNO/c1-4-15-12-10(8-14-9(2)3)6-5-7-11(12)13/h5-7,9,14H,4,8H2,1-3H3. The first-order valence-corrected chi connectivity index (χ1v) is 5.66. The van der Waals surface area contributed by atoms with Gasteiger partial charge in [0.25, 0.3) is 0 Å². The van der Waals surface area contributed by atoms with Crippen LogP contribution in [0.2, 0.25) is 5.02 Å². The van der Waals surface area contributed by atoms with Gasteiger partial charge in [0.1, 0.15) is 5.75 Å². The van der Waals surface area contributed by atoms with Gasteiger partial charge < -0.3 is 10.1 Å². The van der Waals surface area contributed by atoms with Crippen molar-refractivity contribution in [3.05, 3.63) is 28.8 Å². The molecule has 1 aromatic carbocycles. The molecule has 15 heavy (non-hydrogen) atoms. The molecule has 1 rings (SSSR count). The summed E-state index contributed by atoms with van der Waals surface area (Å²) in [6.07, 6.45) is 0. The van der Waals surface area contributed by atoms with Crippen LogP contribution >= 0.6 is 11.6 Å². The maximum absolute atomic E-state index is 6.07. The predicted molar refractivity (Wildman–Crippen MR) is 64.6 cm³/mol. The van der Waals surface area contributed by atoms with Crippen molar-refractivity contribution < 1.29 is 4.74 Å². The van der Waals surface area contributed by atoms with E-state index in [4.69, 9.17) is 16.3 Å². The van der Waals surface area contributed by atoms with Gasteiger partial charge in [-0.3, -0.25) is 0 Å². The van der Waals surface area contributed by atoms with Crippen LogP contribution in [0.15, 0.2) is 18.2 Å². The third-order valence-corrected chi connectivity index (χ3v) is 2.34. The van der Waals surface area contributed by atoms with E-state index in [1.165, 1.54) is 0 Å². The molecule has 0 saturated heterocycles. The molecule has 0 spiro atoms. The van der Waals surface area contributed by atoms with Gasteiger partial charge in [-0.05, 0) is 13.0 Å². The van der Waals surface area contributed by atoms with Crippen molar-refractivity contribution >= 4 is 11.6 Å². The number of rotatable bonds is 5. The summed E-state index contributed by atoms with van der Waals surface area (Å²) in [4.78, 5) is 0. The van der Waals surface area contributed by atoms with E-state index in [1.54, 1.807) is 0 Å². The van der Waals surface area contributed by atoms with Gasteiger partial charge in [0.15, 0.2) is 0 Å². The summed E-state index contributed by atoms with van der Waals surface area (Å²) in [5.74, 6) is 0.801. The van der Waals surface area contributed by atoms with Gasteiger partial charge in [-0.1, -0.05) is 37.6 Å². The highest BCUT2D eigenvalue weighted by atomic mass is 35.5. The van der Waals surface area contributed by atoms with Crippen LogP contribution in [0.5, 0.6) is 5.75 Å². The van der Waals surface area contributed by atoms with E-state index < -0.39 is 0 Å². The molecule has 0 aliphatic carbocycles. The first-order chi connectivity index (χ1) is 7.15. The number of hydrogen-bond acceptors (Lipinski definition) is 2. The summed E-state index contributed by atoms with van der Waals surface area (Å²) >= 11 is 6.07. The molecule has 3 heteroatoms. The summed E-state index contributed by atoms with van der Waals surface area (Å²) < 4.78 is 5.53. The predicted octanol–water partition coefficient (Wildman–Crippen LogP) is 3.24. The Morgan fingerprint density at radius 1 is 1.40 bits per heavy atom. The summed E-state index contributed by atoms with van der Waals surface area (Å²) in [6, 6.07) is 6.29. The second kappa shape index (κ2) is 5.99. The smallest absolute Gasteiger partial charge is 0.142 e. The van der Waals surface area contributed by atoms with Gasteiger partial charge in [-0.2, -0.15) is 0 Å². The van der Waals surface area contributed by atoms with Gasteiger partial charge in [0.2, 0.25) is 0 Å². The highest BCUT2D eigenvalue weighted by molar-refractivity contribution is 6.32. The van der Waals surface area contributed by atoms with E-state index in [2.05, 4.69) is 19.2 Å². The monoisotopic (exact) mass is 227 g/mol. The number of nitrogens with one attached hydrogen (secondary N) is 1. The fourth-order valence-electron chi connectivity index (χ4n) is 1.31. The highest BCUT2D eigenvalue weighted by Crippen LogP contribution is 2.28. The van der Waals surface area contributed by atoms with E-state index in [0.717, 1.165) is 17.9 Å². The molecule has 1 N–H and O–H groups in total. The molecule has 84 valence electrons. The van der Waals surface area contributed by atoms with Crippen LogP contribution in [-0.2, 0) is 6.54 Å². The molecule has 0 radical (unpaired) electrons. The molecule has 0 aromatic heterocycles. The Bertz CT molecular complexity index is 312. The molecule has 2 nitrogen and oxygen atoms in total. The van der Waals surface area contributed by atoms with E-state index in [0.29, 0.717) is 17.7 Å². The average Bonchev–Trinajstić information content (AvgIpc) is 2.19. The Morgan fingerprint density at radius 3 is 2.73 bits per heavy atom. The van der Waals surface area contributed by atoms with E-state index in [1.807, 2.05) is 25.1 Å². The Morgan fingerprint density at radius 2 is 2.13 bits per heavy atom. The number of para-hydroxylation sites is 1. The van der Waals surface area contributed by atoms with E-state index in [9.17, 15) is 0 Å². The lowest BCUT2D eigenvalue weighted by Gasteiger charge is -2.13. The van der Waals surface area contributed by atoms with Crippen molar-refractivity contribution in [2.75, 3.05) is 6.61 Å². The first kappa shape index (κ1) is 12.3.